The fourth-order valence-electron chi connectivity index (χ4n) is 1.29. The molecule has 0 unspecified atom stereocenters. The van der Waals surface area contributed by atoms with Gasteiger partial charge in [-0.3, -0.25) is 15.4 Å². The van der Waals surface area contributed by atoms with Crippen LogP contribution < -0.4 is 10.6 Å². The van der Waals surface area contributed by atoms with E-state index in [-0.39, 0.29) is 5.69 Å². The monoisotopic (exact) mass is 247 g/mol. The lowest BCUT2D eigenvalue weighted by molar-refractivity contribution is -0.384. The summed E-state index contributed by atoms with van der Waals surface area (Å²) < 4.78 is 4.93. The number of furan rings is 1. The van der Waals surface area contributed by atoms with Crippen LogP contribution in [-0.2, 0) is 0 Å². The van der Waals surface area contributed by atoms with E-state index in [4.69, 9.17) is 4.42 Å². The van der Waals surface area contributed by atoms with E-state index in [1.54, 1.807) is 12.1 Å². The zero-order valence-electron chi connectivity index (χ0n) is 9.12. The quantitative estimate of drug-likeness (QED) is 0.643. The van der Waals surface area contributed by atoms with Crippen LogP contribution in [0.15, 0.2) is 47.1 Å². The number of carbonyl (C=O) groups is 1. The molecule has 92 valence electrons. The van der Waals surface area contributed by atoms with Gasteiger partial charge in [0.2, 0.25) is 5.88 Å². The smallest absolute Gasteiger partial charge is 0.326 e. The van der Waals surface area contributed by atoms with E-state index in [1.165, 1.54) is 30.5 Å². The van der Waals surface area contributed by atoms with Crippen molar-refractivity contribution in [2.75, 3.05) is 10.6 Å². The molecule has 0 aliphatic heterocycles. The Morgan fingerprint density at radius 1 is 1.17 bits per heavy atom. The van der Waals surface area contributed by atoms with Crippen molar-refractivity contribution >= 4 is 23.3 Å². The van der Waals surface area contributed by atoms with Crippen LogP contribution in [0.5, 0.6) is 0 Å². The predicted octanol–water partition coefficient (Wildman–Crippen LogP) is 2.83. The molecule has 2 amide bonds. The molecular weight excluding hydrogens is 238 g/mol. The number of nitrogens with zero attached hydrogens (tertiary/aromatic N) is 1. The first-order chi connectivity index (χ1) is 8.65. The lowest BCUT2D eigenvalue weighted by atomic mass is 10.3. The van der Waals surface area contributed by atoms with Crippen LogP contribution in [0.25, 0.3) is 0 Å². The number of non-ortho nitro benzene ring substituents is 1. The highest BCUT2D eigenvalue weighted by Crippen LogP contribution is 2.15. The summed E-state index contributed by atoms with van der Waals surface area (Å²) in [5, 5.41) is 15.4. The third-order valence-corrected chi connectivity index (χ3v) is 2.09. The van der Waals surface area contributed by atoms with Crippen LogP contribution in [0.4, 0.5) is 22.1 Å². The summed E-state index contributed by atoms with van der Waals surface area (Å²) in [4.78, 5) is 21.4. The Morgan fingerprint density at radius 2 is 1.89 bits per heavy atom. The molecule has 0 atom stereocenters. The first kappa shape index (κ1) is 11.6. The van der Waals surface area contributed by atoms with E-state index in [1.807, 2.05) is 0 Å². The molecule has 0 aliphatic rings. The minimum atomic E-state index is -0.507. The Bertz CT molecular complexity index is 548. The van der Waals surface area contributed by atoms with Crippen molar-refractivity contribution in [1.29, 1.82) is 0 Å². The van der Waals surface area contributed by atoms with Crippen molar-refractivity contribution in [3.8, 4) is 0 Å². The van der Waals surface area contributed by atoms with E-state index in [0.717, 1.165) is 0 Å². The number of benzene rings is 1. The summed E-state index contributed by atoms with van der Waals surface area (Å²) >= 11 is 0. The second-order valence-electron chi connectivity index (χ2n) is 3.36. The highest BCUT2D eigenvalue weighted by atomic mass is 16.6. The average molecular weight is 247 g/mol. The van der Waals surface area contributed by atoms with Gasteiger partial charge in [-0.1, -0.05) is 0 Å². The van der Waals surface area contributed by atoms with E-state index in [0.29, 0.717) is 11.6 Å². The van der Waals surface area contributed by atoms with Crippen molar-refractivity contribution in [1.82, 2.24) is 0 Å². The standard InChI is InChI=1S/C11H9N3O4/c15-11(13-10-2-1-7-18-10)12-8-3-5-9(6-4-8)14(16)17/h1-7H,(H2,12,13,15). The molecule has 1 aromatic carbocycles. The molecule has 1 heterocycles. The third kappa shape index (κ3) is 2.85. The summed E-state index contributed by atoms with van der Waals surface area (Å²) in [6, 6.07) is 8.25. The SMILES string of the molecule is O=C(Nc1ccc([N+](=O)[O-])cc1)Nc1ccco1. The number of hydrogen-bond donors (Lipinski definition) is 2. The van der Waals surface area contributed by atoms with Crippen LogP contribution in [0.3, 0.4) is 0 Å². The highest BCUT2D eigenvalue weighted by molar-refractivity contribution is 5.98. The molecule has 7 nitrogen and oxygen atoms in total. The predicted molar refractivity (Wildman–Crippen MR) is 64.4 cm³/mol. The molecule has 18 heavy (non-hydrogen) atoms. The van der Waals surface area contributed by atoms with Gasteiger partial charge in [0.1, 0.15) is 0 Å². The van der Waals surface area contributed by atoms with Gasteiger partial charge in [-0.2, -0.15) is 0 Å². The topological polar surface area (TPSA) is 97.4 Å². The Labute approximate surface area is 102 Å². The van der Waals surface area contributed by atoms with Crippen molar-refractivity contribution in [2.45, 2.75) is 0 Å². The first-order valence-corrected chi connectivity index (χ1v) is 5.01. The molecule has 2 rings (SSSR count). The summed E-state index contributed by atoms with van der Waals surface area (Å²) in [5.41, 5.74) is 0.414. The zero-order chi connectivity index (χ0) is 13.0. The van der Waals surface area contributed by atoms with Crippen molar-refractivity contribution in [2.24, 2.45) is 0 Å². The number of nitrogens with one attached hydrogen (secondary N) is 2. The number of amides is 2. The zero-order valence-corrected chi connectivity index (χ0v) is 9.12. The largest absolute Gasteiger partial charge is 0.449 e. The fraction of sp³-hybridized carbons (Fsp3) is 0. The Kier molecular flexibility index (Phi) is 3.24. The van der Waals surface area contributed by atoms with Gasteiger partial charge in [-0.25, -0.2) is 4.79 Å². The maximum atomic E-state index is 11.5. The maximum absolute atomic E-state index is 11.5. The van der Waals surface area contributed by atoms with Gasteiger partial charge in [-0.05, 0) is 18.2 Å². The Hall–Kier alpha value is -2.83. The molecule has 0 saturated heterocycles. The fourth-order valence-corrected chi connectivity index (χ4v) is 1.29. The van der Waals surface area contributed by atoms with Crippen molar-refractivity contribution in [3.63, 3.8) is 0 Å². The number of carbonyl (C=O) groups excluding carboxylic acids is 1. The molecule has 0 bridgehead atoms. The first-order valence-electron chi connectivity index (χ1n) is 5.01. The molecule has 0 aliphatic carbocycles. The molecule has 0 fully saturated rings. The number of anilines is 2. The Balaban J connectivity index is 1.97. The van der Waals surface area contributed by atoms with Gasteiger partial charge in [0.05, 0.1) is 11.2 Å². The second-order valence-corrected chi connectivity index (χ2v) is 3.36. The lowest BCUT2D eigenvalue weighted by Gasteiger charge is -2.04. The third-order valence-electron chi connectivity index (χ3n) is 2.09. The van der Waals surface area contributed by atoms with Crippen molar-refractivity contribution in [3.05, 3.63) is 52.8 Å². The van der Waals surface area contributed by atoms with Crippen LogP contribution in [0.2, 0.25) is 0 Å². The van der Waals surface area contributed by atoms with Gasteiger partial charge in [0.25, 0.3) is 5.69 Å². The normalized spacial score (nSPS) is 9.78. The van der Waals surface area contributed by atoms with Gasteiger partial charge in [0, 0.05) is 23.9 Å². The van der Waals surface area contributed by atoms with Crippen LogP contribution >= 0.6 is 0 Å². The van der Waals surface area contributed by atoms with Crippen LogP contribution in [0, 0.1) is 10.1 Å². The van der Waals surface area contributed by atoms with Gasteiger partial charge >= 0.3 is 6.03 Å². The summed E-state index contributed by atoms with van der Waals surface area (Å²) in [5.74, 6) is 0.314. The number of nitro benzene ring substituents is 1. The van der Waals surface area contributed by atoms with Crippen molar-refractivity contribution < 1.29 is 14.1 Å². The number of urea groups is 1. The summed E-state index contributed by atoms with van der Waals surface area (Å²) in [6.45, 7) is 0. The number of nitro groups is 1. The van der Waals surface area contributed by atoms with E-state index in [9.17, 15) is 14.9 Å². The Morgan fingerprint density at radius 3 is 2.44 bits per heavy atom. The summed E-state index contributed by atoms with van der Waals surface area (Å²) in [7, 11) is 0. The number of hydrogen-bond acceptors (Lipinski definition) is 4. The van der Waals surface area contributed by atoms with Gasteiger partial charge in [0.15, 0.2) is 0 Å². The second kappa shape index (κ2) is 5.00. The molecule has 0 spiro atoms. The molecule has 7 heteroatoms. The van der Waals surface area contributed by atoms with Crippen LogP contribution in [-0.4, -0.2) is 11.0 Å². The van der Waals surface area contributed by atoms with E-state index >= 15 is 0 Å². The number of rotatable bonds is 3. The van der Waals surface area contributed by atoms with Gasteiger partial charge in [-0.15, -0.1) is 0 Å². The summed E-state index contributed by atoms with van der Waals surface area (Å²) in [6.07, 6.45) is 1.43. The minimum Gasteiger partial charge on any atom is -0.449 e. The molecule has 1 aromatic heterocycles. The lowest BCUT2D eigenvalue weighted by Crippen LogP contribution is -2.18. The maximum Gasteiger partial charge on any atom is 0.326 e. The van der Waals surface area contributed by atoms with Crippen LogP contribution in [0.1, 0.15) is 0 Å². The highest BCUT2D eigenvalue weighted by Gasteiger charge is 2.07. The van der Waals surface area contributed by atoms with Gasteiger partial charge < -0.3 is 9.73 Å². The van der Waals surface area contributed by atoms with E-state index < -0.39 is 11.0 Å². The average Bonchev–Trinajstić information content (AvgIpc) is 2.82. The molecule has 0 radical (unpaired) electrons. The molecule has 2 N–H and O–H groups in total. The molecule has 0 saturated carbocycles. The van der Waals surface area contributed by atoms with E-state index in [2.05, 4.69) is 10.6 Å². The molecule has 2 aromatic rings. The molecular formula is C11H9N3O4. The minimum absolute atomic E-state index is 0.0352.